The van der Waals surface area contributed by atoms with Gasteiger partial charge in [0, 0.05) is 17.6 Å². The van der Waals surface area contributed by atoms with E-state index in [-0.39, 0.29) is 18.3 Å². The number of hydrogen-bond acceptors (Lipinski definition) is 3. The van der Waals surface area contributed by atoms with Crippen LogP contribution in [-0.2, 0) is 4.79 Å². The lowest BCUT2D eigenvalue weighted by molar-refractivity contribution is -0.134. The Hall–Kier alpha value is -0.970. The molecule has 0 atom stereocenters. The molecular weight excluding hydrogens is 335 g/mol. The minimum absolute atomic E-state index is 0. The summed E-state index contributed by atoms with van der Waals surface area (Å²) in [5.41, 5.74) is 0. The molecule has 1 aromatic rings. The van der Waals surface area contributed by atoms with Gasteiger partial charge in [0.25, 0.3) is 0 Å². The average Bonchev–Trinajstić information content (AvgIpc) is 2.55. The SMILES string of the molecule is CCCN(C(=O)CCOc1ccc(Cl)cc1)C1CCNCC1.Cl. The molecule has 0 saturated carbocycles. The lowest BCUT2D eigenvalue weighted by Gasteiger charge is -2.34. The third-order valence-electron chi connectivity index (χ3n) is 3.93. The molecule has 0 bridgehead atoms. The van der Waals surface area contributed by atoms with E-state index in [9.17, 15) is 4.79 Å². The largest absolute Gasteiger partial charge is 0.493 e. The van der Waals surface area contributed by atoms with Crippen LogP contribution in [0.4, 0.5) is 0 Å². The first-order chi connectivity index (χ1) is 10.7. The molecule has 1 amide bonds. The molecule has 1 saturated heterocycles. The van der Waals surface area contributed by atoms with Gasteiger partial charge < -0.3 is 15.0 Å². The fraction of sp³-hybridized carbons (Fsp3) is 0.588. The van der Waals surface area contributed by atoms with Crippen molar-refractivity contribution in [3.8, 4) is 5.75 Å². The predicted molar refractivity (Wildman–Crippen MR) is 96.7 cm³/mol. The molecule has 1 N–H and O–H groups in total. The van der Waals surface area contributed by atoms with Crippen molar-refractivity contribution in [1.82, 2.24) is 10.2 Å². The van der Waals surface area contributed by atoms with Crippen LogP contribution in [0.3, 0.4) is 0 Å². The summed E-state index contributed by atoms with van der Waals surface area (Å²) < 4.78 is 5.63. The summed E-state index contributed by atoms with van der Waals surface area (Å²) in [6.07, 6.45) is 3.51. The molecule has 0 unspecified atom stereocenters. The number of nitrogens with one attached hydrogen (secondary N) is 1. The summed E-state index contributed by atoms with van der Waals surface area (Å²) in [5.74, 6) is 0.948. The van der Waals surface area contributed by atoms with Crippen LogP contribution < -0.4 is 10.1 Å². The molecule has 0 radical (unpaired) electrons. The van der Waals surface area contributed by atoms with Crippen LogP contribution in [0.15, 0.2) is 24.3 Å². The summed E-state index contributed by atoms with van der Waals surface area (Å²) >= 11 is 5.84. The monoisotopic (exact) mass is 360 g/mol. The van der Waals surface area contributed by atoms with Crippen LogP contribution in [0.25, 0.3) is 0 Å². The molecule has 1 aliphatic heterocycles. The smallest absolute Gasteiger partial charge is 0.226 e. The number of carbonyl (C=O) groups excluding carboxylic acids is 1. The maximum atomic E-state index is 12.5. The molecule has 6 heteroatoms. The van der Waals surface area contributed by atoms with Crippen LogP contribution in [0.1, 0.15) is 32.6 Å². The number of nitrogens with zero attached hydrogens (tertiary/aromatic N) is 1. The van der Waals surface area contributed by atoms with E-state index >= 15 is 0 Å². The molecular formula is C17H26Cl2N2O2. The number of rotatable bonds is 7. The Balaban J connectivity index is 0.00000264. The maximum Gasteiger partial charge on any atom is 0.226 e. The Labute approximate surface area is 149 Å². The van der Waals surface area contributed by atoms with E-state index in [0.717, 1.165) is 44.6 Å². The van der Waals surface area contributed by atoms with E-state index in [1.807, 2.05) is 17.0 Å². The molecule has 4 nitrogen and oxygen atoms in total. The molecule has 0 aliphatic carbocycles. The Morgan fingerprint density at radius 3 is 2.57 bits per heavy atom. The van der Waals surface area contributed by atoms with Crippen molar-refractivity contribution in [2.75, 3.05) is 26.2 Å². The van der Waals surface area contributed by atoms with Gasteiger partial charge in [0.2, 0.25) is 5.91 Å². The quantitative estimate of drug-likeness (QED) is 0.808. The van der Waals surface area contributed by atoms with Crippen molar-refractivity contribution < 1.29 is 9.53 Å². The molecule has 130 valence electrons. The van der Waals surface area contributed by atoms with Crippen LogP contribution in [0, 0.1) is 0 Å². The summed E-state index contributed by atoms with van der Waals surface area (Å²) in [5, 5.41) is 4.03. The van der Waals surface area contributed by atoms with Crippen LogP contribution in [0.5, 0.6) is 5.75 Å². The normalized spacial score (nSPS) is 14.9. The summed E-state index contributed by atoms with van der Waals surface area (Å²) in [7, 11) is 0. The van der Waals surface area contributed by atoms with Crippen molar-refractivity contribution in [3.63, 3.8) is 0 Å². The van der Waals surface area contributed by atoms with Crippen molar-refractivity contribution in [2.24, 2.45) is 0 Å². The molecule has 0 aromatic heterocycles. The van der Waals surface area contributed by atoms with Crippen LogP contribution in [0.2, 0.25) is 5.02 Å². The van der Waals surface area contributed by atoms with Gasteiger partial charge in [-0.05, 0) is 56.6 Å². The molecule has 1 heterocycles. The third-order valence-corrected chi connectivity index (χ3v) is 4.18. The second-order valence-electron chi connectivity index (χ2n) is 5.62. The minimum Gasteiger partial charge on any atom is -0.493 e. The molecule has 23 heavy (non-hydrogen) atoms. The predicted octanol–water partition coefficient (Wildman–Crippen LogP) is 3.52. The summed E-state index contributed by atoms with van der Waals surface area (Å²) in [6.45, 7) is 5.36. The highest BCUT2D eigenvalue weighted by Crippen LogP contribution is 2.17. The topological polar surface area (TPSA) is 41.6 Å². The minimum atomic E-state index is 0. The molecule has 1 aromatic carbocycles. The van der Waals surface area contributed by atoms with E-state index < -0.39 is 0 Å². The van der Waals surface area contributed by atoms with Crippen molar-refractivity contribution >= 4 is 29.9 Å². The number of carbonyl (C=O) groups is 1. The van der Waals surface area contributed by atoms with Gasteiger partial charge in [-0.1, -0.05) is 18.5 Å². The number of halogens is 2. The molecule has 0 spiro atoms. The Morgan fingerprint density at radius 1 is 1.30 bits per heavy atom. The van der Waals surface area contributed by atoms with Gasteiger partial charge in [0.05, 0.1) is 13.0 Å². The lowest BCUT2D eigenvalue weighted by atomic mass is 10.0. The Bertz CT molecular complexity index is 462. The van der Waals surface area contributed by atoms with Gasteiger partial charge in [0.1, 0.15) is 5.75 Å². The highest BCUT2D eigenvalue weighted by atomic mass is 35.5. The van der Waals surface area contributed by atoms with Gasteiger partial charge >= 0.3 is 0 Å². The summed E-state index contributed by atoms with van der Waals surface area (Å²) in [6, 6.07) is 7.60. The maximum absolute atomic E-state index is 12.5. The molecule has 2 rings (SSSR count). The van der Waals surface area contributed by atoms with Crippen LogP contribution in [-0.4, -0.2) is 43.1 Å². The zero-order chi connectivity index (χ0) is 15.8. The van der Waals surface area contributed by atoms with Crippen molar-refractivity contribution in [3.05, 3.63) is 29.3 Å². The molecule has 1 aliphatic rings. The first-order valence-electron chi connectivity index (χ1n) is 8.09. The van der Waals surface area contributed by atoms with Gasteiger partial charge in [-0.3, -0.25) is 4.79 Å². The van der Waals surface area contributed by atoms with E-state index in [2.05, 4.69) is 12.2 Å². The zero-order valence-electron chi connectivity index (χ0n) is 13.6. The number of ether oxygens (including phenoxy) is 1. The number of hydrogen-bond donors (Lipinski definition) is 1. The standard InChI is InChI=1S/C17H25ClN2O2.ClH/c1-2-12-20(15-7-10-19-11-8-15)17(21)9-13-22-16-5-3-14(18)4-6-16;/h3-6,15,19H,2,7-13H2,1H3;1H. The van der Waals surface area contributed by atoms with E-state index in [0.29, 0.717) is 24.1 Å². The second kappa shape index (κ2) is 10.7. The van der Waals surface area contributed by atoms with Crippen molar-refractivity contribution in [1.29, 1.82) is 0 Å². The second-order valence-corrected chi connectivity index (χ2v) is 6.06. The fourth-order valence-corrected chi connectivity index (χ4v) is 2.93. The highest BCUT2D eigenvalue weighted by molar-refractivity contribution is 6.30. The zero-order valence-corrected chi connectivity index (χ0v) is 15.2. The Kier molecular flexibility index (Phi) is 9.37. The van der Waals surface area contributed by atoms with E-state index in [1.165, 1.54) is 0 Å². The van der Waals surface area contributed by atoms with Gasteiger partial charge in [-0.25, -0.2) is 0 Å². The average molecular weight is 361 g/mol. The number of amides is 1. The number of benzene rings is 1. The first kappa shape index (κ1) is 20.1. The van der Waals surface area contributed by atoms with Gasteiger partial charge in [-0.2, -0.15) is 0 Å². The number of piperidine rings is 1. The van der Waals surface area contributed by atoms with Gasteiger partial charge in [-0.15, -0.1) is 12.4 Å². The van der Waals surface area contributed by atoms with E-state index in [1.54, 1.807) is 12.1 Å². The highest BCUT2D eigenvalue weighted by Gasteiger charge is 2.24. The van der Waals surface area contributed by atoms with Crippen LogP contribution >= 0.6 is 24.0 Å². The fourth-order valence-electron chi connectivity index (χ4n) is 2.80. The first-order valence-corrected chi connectivity index (χ1v) is 8.47. The van der Waals surface area contributed by atoms with Crippen molar-refractivity contribution in [2.45, 2.75) is 38.6 Å². The lowest BCUT2D eigenvalue weighted by Crippen LogP contribution is -2.46. The van der Waals surface area contributed by atoms with E-state index in [4.69, 9.17) is 16.3 Å². The third kappa shape index (κ3) is 6.58. The Morgan fingerprint density at radius 2 is 1.96 bits per heavy atom. The summed E-state index contributed by atoms with van der Waals surface area (Å²) in [4.78, 5) is 14.5. The molecule has 1 fully saturated rings. The van der Waals surface area contributed by atoms with Gasteiger partial charge in [0.15, 0.2) is 0 Å².